The molecule has 0 saturated heterocycles. The number of hydrogen-bond donors (Lipinski definition) is 2. The van der Waals surface area contributed by atoms with Crippen LogP contribution < -0.4 is 24.8 Å². The van der Waals surface area contributed by atoms with Crippen molar-refractivity contribution in [3.63, 3.8) is 0 Å². The van der Waals surface area contributed by atoms with Gasteiger partial charge in [-0.1, -0.05) is 12.1 Å². The fourth-order valence-corrected chi connectivity index (χ4v) is 2.20. The summed E-state index contributed by atoms with van der Waals surface area (Å²) >= 11 is 0. The molecule has 7 heteroatoms. The van der Waals surface area contributed by atoms with Crippen LogP contribution in [-0.2, 0) is 16.1 Å². The molecule has 0 bridgehead atoms. The maximum atomic E-state index is 11.9. The van der Waals surface area contributed by atoms with Crippen LogP contribution in [0.2, 0.25) is 0 Å². The average molecular weight is 328 g/mol. The first-order valence-electron chi connectivity index (χ1n) is 7.27. The van der Waals surface area contributed by atoms with Crippen molar-refractivity contribution in [1.29, 1.82) is 0 Å². The van der Waals surface area contributed by atoms with E-state index in [-0.39, 0.29) is 13.3 Å². The Morgan fingerprint density at radius 3 is 2.75 bits per heavy atom. The van der Waals surface area contributed by atoms with Gasteiger partial charge in [0.1, 0.15) is 5.75 Å². The van der Waals surface area contributed by atoms with Gasteiger partial charge in [-0.25, -0.2) is 0 Å². The monoisotopic (exact) mass is 328 g/mol. The molecule has 0 spiro atoms. The zero-order chi connectivity index (χ0) is 16.9. The van der Waals surface area contributed by atoms with Crippen LogP contribution in [0.1, 0.15) is 5.56 Å². The highest BCUT2D eigenvalue weighted by Crippen LogP contribution is 2.32. The molecular weight excluding hydrogens is 312 g/mol. The normalized spacial score (nSPS) is 11.7. The number of carbonyl (C=O) groups excluding carboxylic acids is 2. The van der Waals surface area contributed by atoms with Crippen LogP contribution in [0.3, 0.4) is 0 Å². The van der Waals surface area contributed by atoms with E-state index in [0.717, 1.165) is 5.56 Å². The number of nitrogens with one attached hydrogen (secondary N) is 2. The molecule has 1 heterocycles. The summed E-state index contributed by atoms with van der Waals surface area (Å²) in [6.07, 6.45) is 0. The van der Waals surface area contributed by atoms with Crippen LogP contribution in [0, 0.1) is 0 Å². The van der Waals surface area contributed by atoms with Gasteiger partial charge in [0, 0.05) is 18.3 Å². The number of anilines is 1. The van der Waals surface area contributed by atoms with Gasteiger partial charge in [0.05, 0.1) is 7.11 Å². The molecule has 0 saturated carbocycles. The lowest BCUT2D eigenvalue weighted by Crippen LogP contribution is -2.34. The molecule has 0 aliphatic carbocycles. The van der Waals surface area contributed by atoms with Crippen LogP contribution in [0.15, 0.2) is 42.5 Å². The van der Waals surface area contributed by atoms with Gasteiger partial charge in [-0.3, -0.25) is 9.59 Å². The molecule has 24 heavy (non-hydrogen) atoms. The van der Waals surface area contributed by atoms with Gasteiger partial charge < -0.3 is 24.8 Å². The predicted octanol–water partition coefficient (Wildman–Crippen LogP) is 1.68. The van der Waals surface area contributed by atoms with Crippen molar-refractivity contribution < 1.29 is 23.8 Å². The number of benzene rings is 2. The van der Waals surface area contributed by atoms with Crippen LogP contribution in [-0.4, -0.2) is 25.7 Å². The standard InChI is InChI=1S/C17H16N2O5/c1-22-13-4-2-3-12(8-13)19-17(21)16(20)18-9-11-5-6-14-15(7-11)24-10-23-14/h2-8H,9-10H2,1H3,(H,18,20)(H,19,21). The molecule has 2 aromatic rings. The van der Waals surface area contributed by atoms with Crippen LogP contribution in [0.5, 0.6) is 17.2 Å². The lowest BCUT2D eigenvalue weighted by Gasteiger charge is -2.08. The molecular formula is C17H16N2O5. The first kappa shape index (κ1) is 15.7. The van der Waals surface area contributed by atoms with Crippen molar-refractivity contribution in [3.8, 4) is 17.2 Å². The van der Waals surface area contributed by atoms with E-state index in [1.165, 1.54) is 7.11 Å². The lowest BCUT2D eigenvalue weighted by atomic mass is 10.2. The van der Waals surface area contributed by atoms with E-state index in [2.05, 4.69) is 10.6 Å². The Hall–Kier alpha value is -3.22. The SMILES string of the molecule is COc1cccc(NC(=O)C(=O)NCc2ccc3c(c2)OCO3)c1. The molecule has 1 aliphatic heterocycles. The third-order valence-electron chi connectivity index (χ3n) is 3.42. The molecule has 7 nitrogen and oxygen atoms in total. The first-order chi connectivity index (χ1) is 11.7. The molecule has 3 rings (SSSR count). The minimum atomic E-state index is -0.746. The Balaban J connectivity index is 1.55. The fraction of sp³-hybridized carbons (Fsp3) is 0.176. The molecule has 1 aliphatic rings. The second kappa shape index (κ2) is 6.91. The Morgan fingerprint density at radius 1 is 1.08 bits per heavy atom. The smallest absolute Gasteiger partial charge is 0.313 e. The highest BCUT2D eigenvalue weighted by molar-refractivity contribution is 6.39. The lowest BCUT2D eigenvalue weighted by molar-refractivity contribution is -0.136. The van der Waals surface area contributed by atoms with Gasteiger partial charge in [0.15, 0.2) is 11.5 Å². The zero-order valence-electron chi connectivity index (χ0n) is 13.0. The summed E-state index contributed by atoms with van der Waals surface area (Å²) in [4.78, 5) is 23.8. The van der Waals surface area contributed by atoms with Gasteiger partial charge in [-0.2, -0.15) is 0 Å². The number of rotatable bonds is 4. The highest BCUT2D eigenvalue weighted by Gasteiger charge is 2.16. The summed E-state index contributed by atoms with van der Waals surface area (Å²) in [5.74, 6) is 0.413. The van der Waals surface area contributed by atoms with E-state index >= 15 is 0 Å². The minimum absolute atomic E-state index is 0.189. The summed E-state index contributed by atoms with van der Waals surface area (Å²) < 4.78 is 15.6. The van der Waals surface area contributed by atoms with Crippen LogP contribution in [0.25, 0.3) is 0 Å². The number of amides is 2. The Labute approximate surface area is 138 Å². The number of hydrogen-bond acceptors (Lipinski definition) is 5. The third-order valence-corrected chi connectivity index (χ3v) is 3.42. The topological polar surface area (TPSA) is 85.9 Å². The van der Waals surface area contributed by atoms with Gasteiger partial charge in [-0.05, 0) is 29.8 Å². The summed E-state index contributed by atoms with van der Waals surface area (Å²) in [6, 6.07) is 12.1. The van der Waals surface area contributed by atoms with Crippen molar-refractivity contribution in [1.82, 2.24) is 5.32 Å². The maximum absolute atomic E-state index is 11.9. The summed E-state index contributed by atoms with van der Waals surface area (Å²) in [5.41, 5.74) is 1.29. The Kier molecular flexibility index (Phi) is 4.51. The molecule has 2 aromatic carbocycles. The summed E-state index contributed by atoms with van der Waals surface area (Å²) in [6.45, 7) is 0.398. The zero-order valence-corrected chi connectivity index (χ0v) is 13.0. The van der Waals surface area contributed by atoms with Gasteiger partial charge in [0.2, 0.25) is 6.79 Å². The maximum Gasteiger partial charge on any atom is 0.313 e. The molecule has 0 atom stereocenters. The largest absolute Gasteiger partial charge is 0.497 e. The van der Waals surface area contributed by atoms with Crippen molar-refractivity contribution >= 4 is 17.5 Å². The van der Waals surface area contributed by atoms with Gasteiger partial charge in [0.25, 0.3) is 0 Å². The Bertz CT molecular complexity index is 775. The number of fused-ring (bicyclic) bond motifs is 1. The minimum Gasteiger partial charge on any atom is -0.497 e. The van der Waals surface area contributed by atoms with E-state index in [1.54, 1.807) is 42.5 Å². The molecule has 2 N–H and O–H groups in total. The molecule has 2 amide bonds. The number of ether oxygens (including phenoxy) is 3. The number of carbonyl (C=O) groups is 2. The first-order valence-corrected chi connectivity index (χ1v) is 7.27. The van der Waals surface area contributed by atoms with Crippen LogP contribution >= 0.6 is 0 Å². The molecule has 0 aromatic heterocycles. The molecule has 0 radical (unpaired) electrons. The second-order valence-electron chi connectivity index (χ2n) is 5.06. The van der Waals surface area contributed by atoms with E-state index in [9.17, 15) is 9.59 Å². The molecule has 0 fully saturated rings. The second-order valence-corrected chi connectivity index (χ2v) is 5.06. The summed E-state index contributed by atoms with van der Waals surface area (Å²) in [7, 11) is 1.53. The predicted molar refractivity (Wildman–Crippen MR) is 86.0 cm³/mol. The number of methoxy groups -OCH3 is 1. The van der Waals surface area contributed by atoms with Crippen molar-refractivity contribution in [2.75, 3.05) is 19.2 Å². The van der Waals surface area contributed by atoms with E-state index < -0.39 is 11.8 Å². The van der Waals surface area contributed by atoms with E-state index in [0.29, 0.717) is 22.9 Å². The van der Waals surface area contributed by atoms with Gasteiger partial charge in [-0.15, -0.1) is 0 Å². The summed E-state index contributed by atoms with van der Waals surface area (Å²) in [5, 5.41) is 5.08. The van der Waals surface area contributed by atoms with Crippen molar-refractivity contribution in [2.24, 2.45) is 0 Å². The highest BCUT2D eigenvalue weighted by atomic mass is 16.7. The van der Waals surface area contributed by atoms with Crippen molar-refractivity contribution in [2.45, 2.75) is 6.54 Å². The fourth-order valence-electron chi connectivity index (χ4n) is 2.20. The van der Waals surface area contributed by atoms with Crippen LogP contribution in [0.4, 0.5) is 5.69 Å². The van der Waals surface area contributed by atoms with Gasteiger partial charge >= 0.3 is 11.8 Å². The third kappa shape index (κ3) is 3.57. The van der Waals surface area contributed by atoms with E-state index in [1.807, 2.05) is 0 Å². The van der Waals surface area contributed by atoms with E-state index in [4.69, 9.17) is 14.2 Å². The quantitative estimate of drug-likeness (QED) is 0.834. The van der Waals surface area contributed by atoms with Crippen molar-refractivity contribution in [3.05, 3.63) is 48.0 Å². The Morgan fingerprint density at radius 2 is 1.92 bits per heavy atom. The average Bonchev–Trinajstić information content (AvgIpc) is 3.07. The molecule has 0 unspecified atom stereocenters. The molecule has 124 valence electrons.